The lowest BCUT2D eigenvalue weighted by atomic mass is 9.98. The highest BCUT2D eigenvalue weighted by molar-refractivity contribution is 7.88. The molecule has 156 valence electrons. The first-order valence-electron chi connectivity index (χ1n) is 10.3. The van der Waals surface area contributed by atoms with Gasteiger partial charge in [-0.15, -0.1) is 0 Å². The lowest BCUT2D eigenvalue weighted by molar-refractivity contribution is 0.279. The Bertz CT molecular complexity index is 737. The predicted molar refractivity (Wildman–Crippen MR) is 115 cm³/mol. The summed E-state index contributed by atoms with van der Waals surface area (Å²) in [5, 5.41) is 3.43. The molecule has 1 aromatic carbocycles. The SMILES string of the molecule is CCNC(=NCC1CCN(S(C)(=O)=O)CC1)N1CCN(c2ccccc2)CC1. The summed E-state index contributed by atoms with van der Waals surface area (Å²) >= 11 is 0. The number of hydrogen-bond acceptors (Lipinski definition) is 4. The molecule has 0 bridgehead atoms. The third-order valence-corrected chi connectivity index (χ3v) is 6.88. The second kappa shape index (κ2) is 9.60. The minimum Gasteiger partial charge on any atom is -0.368 e. The molecule has 0 atom stereocenters. The topological polar surface area (TPSA) is 68.2 Å². The van der Waals surface area contributed by atoms with Gasteiger partial charge < -0.3 is 15.1 Å². The number of piperazine rings is 1. The number of aliphatic imine (C=N–C) groups is 1. The normalized spacial score (nSPS) is 20.4. The molecular formula is C20H33N5O2S. The van der Waals surface area contributed by atoms with Crippen molar-refractivity contribution in [3.05, 3.63) is 30.3 Å². The molecule has 0 aromatic heterocycles. The van der Waals surface area contributed by atoms with Crippen LogP contribution in [-0.4, -0.2) is 82.2 Å². The zero-order chi connectivity index (χ0) is 20.0. The highest BCUT2D eigenvalue weighted by Gasteiger charge is 2.25. The first-order chi connectivity index (χ1) is 13.5. The van der Waals surface area contributed by atoms with Crippen LogP contribution in [0.3, 0.4) is 0 Å². The van der Waals surface area contributed by atoms with Crippen molar-refractivity contribution in [1.82, 2.24) is 14.5 Å². The van der Waals surface area contributed by atoms with Gasteiger partial charge in [0.2, 0.25) is 10.0 Å². The summed E-state index contributed by atoms with van der Waals surface area (Å²) in [7, 11) is -3.06. The molecule has 2 heterocycles. The maximum Gasteiger partial charge on any atom is 0.211 e. The van der Waals surface area contributed by atoms with Gasteiger partial charge >= 0.3 is 0 Å². The summed E-state index contributed by atoms with van der Waals surface area (Å²) in [5.74, 6) is 1.44. The molecule has 7 nitrogen and oxygen atoms in total. The van der Waals surface area contributed by atoms with Crippen LogP contribution in [0.4, 0.5) is 5.69 Å². The molecule has 0 amide bonds. The first kappa shape index (κ1) is 20.9. The van der Waals surface area contributed by atoms with Crippen LogP contribution in [0.15, 0.2) is 35.3 Å². The fraction of sp³-hybridized carbons (Fsp3) is 0.650. The summed E-state index contributed by atoms with van der Waals surface area (Å²) in [4.78, 5) is 9.65. The average Bonchev–Trinajstić information content (AvgIpc) is 2.71. The highest BCUT2D eigenvalue weighted by Crippen LogP contribution is 2.20. The number of guanidine groups is 1. The second-order valence-corrected chi connectivity index (χ2v) is 9.59. The molecule has 2 aliphatic heterocycles. The van der Waals surface area contributed by atoms with Crippen molar-refractivity contribution >= 4 is 21.7 Å². The zero-order valence-corrected chi connectivity index (χ0v) is 17.9. The molecule has 0 spiro atoms. The van der Waals surface area contributed by atoms with Crippen LogP contribution in [0.1, 0.15) is 19.8 Å². The number of para-hydroxylation sites is 1. The van der Waals surface area contributed by atoms with Gasteiger partial charge in [-0.3, -0.25) is 4.99 Å². The fourth-order valence-corrected chi connectivity index (χ4v) is 4.75. The molecule has 1 aromatic rings. The van der Waals surface area contributed by atoms with Crippen molar-refractivity contribution < 1.29 is 8.42 Å². The summed E-state index contributed by atoms with van der Waals surface area (Å²) in [6.45, 7) is 8.82. The molecule has 0 unspecified atom stereocenters. The zero-order valence-electron chi connectivity index (χ0n) is 17.0. The van der Waals surface area contributed by atoms with E-state index in [1.165, 1.54) is 11.9 Å². The molecule has 3 rings (SSSR count). The minimum absolute atomic E-state index is 0.456. The van der Waals surface area contributed by atoms with Crippen LogP contribution in [0, 0.1) is 5.92 Å². The molecule has 1 N–H and O–H groups in total. The van der Waals surface area contributed by atoms with Crippen molar-refractivity contribution in [2.24, 2.45) is 10.9 Å². The third-order valence-electron chi connectivity index (χ3n) is 5.58. The van der Waals surface area contributed by atoms with Crippen molar-refractivity contribution in [3.63, 3.8) is 0 Å². The standard InChI is InChI=1S/C20H33N5O2S/c1-3-21-20(22-17-18-9-11-25(12-10-18)28(2,26)27)24-15-13-23(14-16-24)19-7-5-4-6-8-19/h4-8,18H,3,9-17H2,1-2H3,(H,21,22). The van der Waals surface area contributed by atoms with E-state index in [0.717, 1.165) is 58.1 Å². The summed E-state index contributed by atoms with van der Waals surface area (Å²) in [6, 6.07) is 10.6. The largest absolute Gasteiger partial charge is 0.368 e. The average molecular weight is 408 g/mol. The number of benzene rings is 1. The van der Waals surface area contributed by atoms with E-state index < -0.39 is 10.0 Å². The van der Waals surface area contributed by atoms with Gasteiger partial charge in [0.05, 0.1) is 6.26 Å². The number of sulfonamides is 1. The molecule has 2 aliphatic rings. The number of nitrogens with zero attached hydrogens (tertiary/aromatic N) is 4. The van der Waals surface area contributed by atoms with E-state index in [0.29, 0.717) is 19.0 Å². The van der Waals surface area contributed by atoms with Crippen LogP contribution in [-0.2, 0) is 10.0 Å². The van der Waals surface area contributed by atoms with Gasteiger partial charge in [0, 0.05) is 58.0 Å². The Balaban J connectivity index is 1.52. The molecule has 8 heteroatoms. The number of hydrogen-bond donors (Lipinski definition) is 1. The van der Waals surface area contributed by atoms with Crippen molar-refractivity contribution in [2.75, 3.05) is 63.5 Å². The van der Waals surface area contributed by atoms with Gasteiger partial charge in [-0.25, -0.2) is 12.7 Å². The van der Waals surface area contributed by atoms with Gasteiger partial charge in [-0.1, -0.05) is 18.2 Å². The van der Waals surface area contributed by atoms with E-state index in [4.69, 9.17) is 4.99 Å². The Morgan fingerprint density at radius 1 is 1.07 bits per heavy atom. The van der Waals surface area contributed by atoms with Crippen molar-refractivity contribution in [1.29, 1.82) is 0 Å². The monoisotopic (exact) mass is 407 g/mol. The Kier molecular flexibility index (Phi) is 7.18. The number of piperidine rings is 1. The Hall–Kier alpha value is -1.80. The third kappa shape index (κ3) is 5.61. The Morgan fingerprint density at radius 3 is 2.29 bits per heavy atom. The van der Waals surface area contributed by atoms with E-state index >= 15 is 0 Å². The summed E-state index contributed by atoms with van der Waals surface area (Å²) in [5.41, 5.74) is 1.28. The lowest BCUT2D eigenvalue weighted by Gasteiger charge is -2.38. The maximum atomic E-state index is 11.7. The van der Waals surface area contributed by atoms with Gasteiger partial charge in [0.1, 0.15) is 0 Å². The van der Waals surface area contributed by atoms with E-state index in [2.05, 4.69) is 52.4 Å². The van der Waals surface area contributed by atoms with Crippen LogP contribution >= 0.6 is 0 Å². The second-order valence-electron chi connectivity index (χ2n) is 7.61. The predicted octanol–water partition coefficient (Wildman–Crippen LogP) is 1.45. The number of anilines is 1. The molecule has 2 fully saturated rings. The van der Waals surface area contributed by atoms with Crippen molar-refractivity contribution in [3.8, 4) is 0 Å². The van der Waals surface area contributed by atoms with Gasteiger partial charge in [0.25, 0.3) is 0 Å². The van der Waals surface area contributed by atoms with Gasteiger partial charge in [-0.2, -0.15) is 0 Å². The van der Waals surface area contributed by atoms with Gasteiger partial charge in [0.15, 0.2) is 5.96 Å². The lowest BCUT2D eigenvalue weighted by Crippen LogP contribution is -2.52. The molecule has 28 heavy (non-hydrogen) atoms. The molecular weight excluding hydrogens is 374 g/mol. The quantitative estimate of drug-likeness (QED) is 0.591. The highest BCUT2D eigenvalue weighted by atomic mass is 32.2. The van der Waals surface area contributed by atoms with E-state index in [1.807, 2.05) is 0 Å². The van der Waals surface area contributed by atoms with Crippen LogP contribution < -0.4 is 10.2 Å². The smallest absolute Gasteiger partial charge is 0.211 e. The van der Waals surface area contributed by atoms with Crippen LogP contribution in [0.25, 0.3) is 0 Å². The number of nitrogens with one attached hydrogen (secondary N) is 1. The summed E-state index contributed by atoms with van der Waals surface area (Å²) < 4.78 is 24.9. The Morgan fingerprint density at radius 2 is 1.71 bits per heavy atom. The van der Waals surface area contributed by atoms with Crippen LogP contribution in [0.5, 0.6) is 0 Å². The molecule has 0 radical (unpaired) electrons. The van der Waals surface area contributed by atoms with E-state index in [9.17, 15) is 8.42 Å². The molecule has 2 saturated heterocycles. The minimum atomic E-state index is -3.06. The van der Waals surface area contributed by atoms with Crippen LogP contribution in [0.2, 0.25) is 0 Å². The molecule has 0 aliphatic carbocycles. The first-order valence-corrected chi connectivity index (χ1v) is 12.1. The van der Waals surface area contributed by atoms with E-state index in [1.54, 1.807) is 4.31 Å². The molecule has 0 saturated carbocycles. The summed E-state index contributed by atoms with van der Waals surface area (Å²) in [6.07, 6.45) is 3.07. The Labute approximate surface area is 169 Å². The van der Waals surface area contributed by atoms with Gasteiger partial charge in [-0.05, 0) is 37.8 Å². The van der Waals surface area contributed by atoms with Crippen molar-refractivity contribution in [2.45, 2.75) is 19.8 Å². The fourth-order valence-electron chi connectivity index (χ4n) is 3.88. The van der Waals surface area contributed by atoms with E-state index in [-0.39, 0.29) is 0 Å². The maximum absolute atomic E-state index is 11.7. The number of rotatable bonds is 5.